The monoisotopic (exact) mass is 542 g/mol. The van der Waals surface area contributed by atoms with Crippen LogP contribution in [0.3, 0.4) is 0 Å². The second-order valence-electron chi connectivity index (χ2n) is 11.6. The molecule has 4 rings (SSSR count). The molecular formula is C36H46O4. The average Bonchev–Trinajstić information content (AvgIpc) is 2.99. The Labute approximate surface area is 240 Å². The van der Waals surface area contributed by atoms with Crippen LogP contribution in [-0.2, 0) is 14.3 Å². The summed E-state index contributed by atoms with van der Waals surface area (Å²) < 4.78 is 10.8. The fourth-order valence-electron chi connectivity index (χ4n) is 6.26. The zero-order valence-corrected chi connectivity index (χ0v) is 24.6. The zero-order chi connectivity index (χ0) is 28.5. The summed E-state index contributed by atoms with van der Waals surface area (Å²) in [7, 11) is 1.64. The molecule has 1 aliphatic carbocycles. The minimum absolute atomic E-state index is 0.0519. The average molecular weight is 543 g/mol. The van der Waals surface area contributed by atoms with Crippen molar-refractivity contribution < 1.29 is 19.4 Å². The second-order valence-corrected chi connectivity index (χ2v) is 11.6. The van der Waals surface area contributed by atoms with Crippen LogP contribution in [0.2, 0.25) is 0 Å². The number of aliphatic hydroxyl groups is 1. The van der Waals surface area contributed by atoms with Gasteiger partial charge in [-0.05, 0) is 83.0 Å². The molecule has 0 heterocycles. The summed E-state index contributed by atoms with van der Waals surface area (Å²) in [5, 5.41) is 11.5. The highest BCUT2D eigenvalue weighted by Gasteiger charge is 2.22. The Kier molecular flexibility index (Phi) is 11.0. The molecule has 1 N–H and O–H groups in total. The van der Waals surface area contributed by atoms with Crippen molar-refractivity contribution in [3.8, 4) is 11.1 Å². The fraction of sp³-hybridized carbons (Fsp3) is 0.472. The van der Waals surface area contributed by atoms with Crippen molar-refractivity contribution in [1.29, 1.82) is 0 Å². The minimum Gasteiger partial charge on any atom is -0.462 e. The maximum atomic E-state index is 12.0. The van der Waals surface area contributed by atoms with Crippen molar-refractivity contribution in [2.75, 3.05) is 26.9 Å². The van der Waals surface area contributed by atoms with Gasteiger partial charge in [-0.1, -0.05) is 93.8 Å². The predicted octanol–water partition coefficient (Wildman–Crippen LogP) is 8.49. The SMILES string of the molecule is C=C(CO)C(=O)OCC(COC)c1ccc2c(C)c(-c3ccc(C4CCC(CCCCC)CC4)cc3)ccc2c1. The summed E-state index contributed by atoms with van der Waals surface area (Å²) in [4.78, 5) is 12.0. The van der Waals surface area contributed by atoms with Crippen molar-refractivity contribution >= 4 is 16.7 Å². The molecule has 0 amide bonds. The summed E-state index contributed by atoms with van der Waals surface area (Å²) in [5.41, 5.74) is 6.37. The zero-order valence-electron chi connectivity index (χ0n) is 24.6. The molecule has 1 unspecified atom stereocenters. The number of esters is 1. The number of hydrogen-bond acceptors (Lipinski definition) is 4. The van der Waals surface area contributed by atoms with Crippen LogP contribution in [0.25, 0.3) is 21.9 Å². The lowest BCUT2D eigenvalue weighted by molar-refractivity contribution is -0.140. The number of fused-ring (bicyclic) bond motifs is 1. The summed E-state index contributed by atoms with van der Waals surface area (Å²) >= 11 is 0. The van der Waals surface area contributed by atoms with Gasteiger partial charge in [0.25, 0.3) is 0 Å². The van der Waals surface area contributed by atoms with Gasteiger partial charge in [0.15, 0.2) is 0 Å². The van der Waals surface area contributed by atoms with E-state index < -0.39 is 12.6 Å². The Bertz CT molecular complexity index is 1270. The topological polar surface area (TPSA) is 55.8 Å². The van der Waals surface area contributed by atoms with Gasteiger partial charge in [0.2, 0.25) is 0 Å². The van der Waals surface area contributed by atoms with Gasteiger partial charge >= 0.3 is 5.97 Å². The first-order valence-corrected chi connectivity index (χ1v) is 15.0. The van der Waals surface area contributed by atoms with Crippen molar-refractivity contribution in [2.24, 2.45) is 5.92 Å². The van der Waals surface area contributed by atoms with Crippen LogP contribution in [0.1, 0.15) is 86.8 Å². The summed E-state index contributed by atoms with van der Waals surface area (Å²) in [6.45, 7) is 8.21. The minimum atomic E-state index is -0.578. The third-order valence-corrected chi connectivity index (χ3v) is 8.80. The van der Waals surface area contributed by atoms with Crippen molar-refractivity contribution in [3.05, 3.63) is 83.4 Å². The molecule has 3 aromatic rings. The van der Waals surface area contributed by atoms with E-state index in [1.165, 1.54) is 79.0 Å². The quantitative estimate of drug-likeness (QED) is 0.134. The predicted molar refractivity (Wildman–Crippen MR) is 165 cm³/mol. The highest BCUT2D eigenvalue weighted by molar-refractivity contribution is 5.92. The molecule has 0 spiro atoms. The molecule has 4 heteroatoms. The second kappa shape index (κ2) is 14.6. The number of hydrogen-bond donors (Lipinski definition) is 1. The van der Waals surface area contributed by atoms with Crippen LogP contribution in [0, 0.1) is 12.8 Å². The van der Waals surface area contributed by atoms with Gasteiger partial charge in [0.05, 0.1) is 18.8 Å². The molecule has 1 atom stereocenters. The van der Waals surface area contributed by atoms with Crippen molar-refractivity contribution in [3.63, 3.8) is 0 Å². The third-order valence-electron chi connectivity index (χ3n) is 8.80. The molecule has 0 bridgehead atoms. The van der Waals surface area contributed by atoms with E-state index >= 15 is 0 Å². The Morgan fingerprint density at radius 1 is 1.00 bits per heavy atom. The number of rotatable bonds is 13. The van der Waals surface area contributed by atoms with Gasteiger partial charge < -0.3 is 14.6 Å². The van der Waals surface area contributed by atoms with Crippen LogP contribution in [0.5, 0.6) is 0 Å². The first kappa shape index (κ1) is 30.0. The lowest BCUT2D eigenvalue weighted by atomic mass is 9.77. The van der Waals surface area contributed by atoms with Crippen LogP contribution in [-0.4, -0.2) is 38.0 Å². The normalized spacial score (nSPS) is 18.0. The number of ether oxygens (including phenoxy) is 2. The van der Waals surface area contributed by atoms with Gasteiger partial charge in [-0.3, -0.25) is 0 Å². The molecular weight excluding hydrogens is 496 g/mol. The number of carbonyl (C=O) groups is 1. The number of aliphatic hydroxyl groups excluding tert-OH is 1. The Balaban J connectivity index is 1.45. The van der Waals surface area contributed by atoms with Gasteiger partial charge in [-0.25, -0.2) is 4.79 Å². The van der Waals surface area contributed by atoms with Crippen LogP contribution in [0.4, 0.5) is 0 Å². The Hall–Kier alpha value is -2.95. The molecule has 0 aromatic heterocycles. The van der Waals surface area contributed by atoms with E-state index in [1.54, 1.807) is 7.11 Å². The van der Waals surface area contributed by atoms with Gasteiger partial charge in [0.1, 0.15) is 6.61 Å². The van der Waals surface area contributed by atoms with E-state index in [1.807, 2.05) is 0 Å². The lowest BCUT2D eigenvalue weighted by Crippen LogP contribution is -2.18. The third kappa shape index (κ3) is 7.41. The molecule has 214 valence electrons. The van der Waals surface area contributed by atoms with Crippen LogP contribution >= 0.6 is 0 Å². The molecule has 3 aromatic carbocycles. The molecule has 0 radical (unpaired) electrons. The first-order chi connectivity index (χ1) is 19.4. The largest absolute Gasteiger partial charge is 0.462 e. The summed E-state index contributed by atoms with van der Waals surface area (Å²) in [5.74, 6) is 0.956. The summed E-state index contributed by atoms with van der Waals surface area (Å²) in [6, 6.07) is 20.1. The molecule has 40 heavy (non-hydrogen) atoms. The van der Waals surface area contributed by atoms with E-state index in [4.69, 9.17) is 14.6 Å². The van der Waals surface area contributed by atoms with E-state index in [-0.39, 0.29) is 18.1 Å². The maximum Gasteiger partial charge on any atom is 0.335 e. The molecule has 1 fully saturated rings. The fourth-order valence-corrected chi connectivity index (χ4v) is 6.26. The van der Waals surface area contributed by atoms with Crippen LogP contribution < -0.4 is 0 Å². The molecule has 1 saturated carbocycles. The highest BCUT2D eigenvalue weighted by Crippen LogP contribution is 2.39. The van der Waals surface area contributed by atoms with E-state index in [0.29, 0.717) is 12.5 Å². The molecule has 1 aliphatic rings. The van der Waals surface area contributed by atoms with E-state index in [0.717, 1.165) is 16.9 Å². The molecule has 4 nitrogen and oxygen atoms in total. The summed E-state index contributed by atoms with van der Waals surface area (Å²) in [6.07, 6.45) is 10.9. The highest BCUT2D eigenvalue weighted by atomic mass is 16.5. The van der Waals surface area contributed by atoms with Crippen molar-refractivity contribution in [2.45, 2.75) is 77.0 Å². The van der Waals surface area contributed by atoms with E-state index in [9.17, 15) is 4.79 Å². The Morgan fingerprint density at radius 2 is 1.75 bits per heavy atom. The lowest BCUT2D eigenvalue weighted by Gasteiger charge is -2.29. The van der Waals surface area contributed by atoms with Crippen LogP contribution in [0.15, 0.2) is 66.7 Å². The van der Waals surface area contributed by atoms with Gasteiger partial charge in [0, 0.05) is 13.0 Å². The maximum absolute atomic E-state index is 12.0. The smallest absolute Gasteiger partial charge is 0.335 e. The number of benzene rings is 3. The Morgan fingerprint density at radius 3 is 2.42 bits per heavy atom. The number of methoxy groups -OCH3 is 1. The number of aryl methyl sites for hydroxylation is 1. The standard InChI is InChI=1S/C36H46O4/c1-5-6-7-8-27-9-11-28(12-10-27)29-13-15-30(16-14-29)34-20-18-32-21-31(17-19-35(32)26(34)3)33(23-39-4)24-40-36(38)25(2)22-37/h13-21,27-28,33,37H,2,5-12,22-24H2,1,3-4H3. The molecule has 0 aliphatic heterocycles. The van der Waals surface area contributed by atoms with Gasteiger partial charge in [-0.15, -0.1) is 0 Å². The number of unbranched alkanes of at least 4 members (excludes halogenated alkanes) is 2. The molecule has 0 saturated heterocycles. The first-order valence-electron chi connectivity index (χ1n) is 15.0. The van der Waals surface area contributed by atoms with Gasteiger partial charge in [-0.2, -0.15) is 0 Å². The number of carbonyl (C=O) groups excluding carboxylic acids is 1. The van der Waals surface area contributed by atoms with Crippen molar-refractivity contribution in [1.82, 2.24) is 0 Å². The van der Waals surface area contributed by atoms with E-state index in [2.05, 4.69) is 75.0 Å².